The Hall–Kier alpha value is -2.34. The molecular weight excluding hydrogens is 226 g/mol. The predicted octanol–water partition coefficient (Wildman–Crippen LogP) is 2.43. The van der Waals surface area contributed by atoms with Gasteiger partial charge in [0.15, 0.2) is 0 Å². The van der Waals surface area contributed by atoms with Crippen molar-refractivity contribution < 1.29 is 9.53 Å². The molecule has 0 spiro atoms. The van der Waals surface area contributed by atoms with Gasteiger partial charge in [0.1, 0.15) is 0 Å². The number of nitriles is 1. The number of allylic oxidation sites excluding steroid dienone is 3. The fraction of sp³-hybridized carbons (Fsp3) is 0.200. The van der Waals surface area contributed by atoms with E-state index in [0.717, 1.165) is 11.1 Å². The van der Waals surface area contributed by atoms with Crippen LogP contribution in [0.4, 0.5) is 0 Å². The minimum absolute atomic E-state index is 0.106. The number of esters is 1. The minimum atomic E-state index is -0.402. The number of benzene rings is 1. The van der Waals surface area contributed by atoms with E-state index < -0.39 is 5.97 Å². The zero-order chi connectivity index (χ0) is 12.7. The number of carbonyl (C=O) groups is 1. The van der Waals surface area contributed by atoms with Gasteiger partial charge in [-0.25, -0.2) is 4.79 Å². The van der Waals surface area contributed by atoms with Crippen LogP contribution in [0, 0.1) is 11.3 Å². The number of rotatable bonds is 1. The summed E-state index contributed by atoms with van der Waals surface area (Å²) in [6, 6.07) is 10.1. The van der Waals surface area contributed by atoms with Crippen molar-refractivity contribution in [1.82, 2.24) is 0 Å². The van der Waals surface area contributed by atoms with Crippen LogP contribution in [0.25, 0.3) is 0 Å². The molecule has 3 nitrogen and oxygen atoms in total. The van der Waals surface area contributed by atoms with Crippen LogP contribution in [0.5, 0.6) is 0 Å². The van der Waals surface area contributed by atoms with Crippen LogP contribution in [0.2, 0.25) is 0 Å². The van der Waals surface area contributed by atoms with E-state index in [1.54, 1.807) is 0 Å². The molecule has 0 aliphatic heterocycles. The normalized spacial score (nSPS) is 23.6. The van der Waals surface area contributed by atoms with Crippen LogP contribution in [0.15, 0.2) is 47.6 Å². The average Bonchev–Trinajstić information content (AvgIpc) is 2.46. The molecule has 3 heteroatoms. The van der Waals surface area contributed by atoms with Gasteiger partial charge in [0, 0.05) is 11.8 Å². The Bertz CT molecular complexity index is 634. The summed E-state index contributed by atoms with van der Waals surface area (Å²) in [6.45, 7) is 0. The summed E-state index contributed by atoms with van der Waals surface area (Å²) in [6.07, 6.45) is 3.98. The fourth-order valence-electron chi connectivity index (χ4n) is 2.82. The smallest absolute Gasteiger partial charge is 0.335 e. The van der Waals surface area contributed by atoms with E-state index in [4.69, 9.17) is 4.74 Å². The van der Waals surface area contributed by atoms with Gasteiger partial charge in [0.25, 0.3) is 0 Å². The van der Waals surface area contributed by atoms with E-state index in [1.807, 2.05) is 36.4 Å². The third-order valence-corrected chi connectivity index (χ3v) is 3.60. The maximum atomic E-state index is 11.9. The van der Waals surface area contributed by atoms with Crippen LogP contribution in [0.1, 0.15) is 23.0 Å². The first-order chi connectivity index (χ1) is 8.77. The molecule has 18 heavy (non-hydrogen) atoms. The Morgan fingerprint density at radius 3 is 2.44 bits per heavy atom. The van der Waals surface area contributed by atoms with Gasteiger partial charge in [-0.1, -0.05) is 36.4 Å². The quantitative estimate of drug-likeness (QED) is 0.556. The van der Waals surface area contributed by atoms with Crippen LogP contribution in [-0.4, -0.2) is 13.1 Å². The van der Waals surface area contributed by atoms with Gasteiger partial charge in [-0.05, 0) is 11.1 Å². The van der Waals surface area contributed by atoms with Crippen LogP contribution < -0.4 is 0 Å². The highest BCUT2D eigenvalue weighted by molar-refractivity contribution is 5.94. The maximum absolute atomic E-state index is 11.9. The van der Waals surface area contributed by atoms with Crippen LogP contribution >= 0.6 is 0 Å². The molecule has 0 aromatic heterocycles. The molecule has 0 heterocycles. The Labute approximate surface area is 105 Å². The zero-order valence-electron chi connectivity index (χ0n) is 9.88. The van der Waals surface area contributed by atoms with Crippen molar-refractivity contribution >= 4 is 5.97 Å². The lowest BCUT2D eigenvalue weighted by atomic mass is 9.68. The summed E-state index contributed by atoms with van der Waals surface area (Å²) >= 11 is 0. The molecule has 2 bridgehead atoms. The summed E-state index contributed by atoms with van der Waals surface area (Å²) in [4.78, 5) is 11.9. The summed E-state index contributed by atoms with van der Waals surface area (Å²) in [5.41, 5.74) is 3.23. The maximum Gasteiger partial charge on any atom is 0.335 e. The lowest BCUT2D eigenvalue weighted by molar-refractivity contribution is -0.136. The van der Waals surface area contributed by atoms with Gasteiger partial charge < -0.3 is 4.74 Å². The van der Waals surface area contributed by atoms with Crippen LogP contribution in [0.3, 0.4) is 0 Å². The highest BCUT2D eigenvalue weighted by Gasteiger charge is 2.39. The zero-order valence-corrected chi connectivity index (χ0v) is 9.88. The first-order valence-corrected chi connectivity index (χ1v) is 5.77. The highest BCUT2D eigenvalue weighted by Crippen LogP contribution is 2.48. The van der Waals surface area contributed by atoms with Crippen molar-refractivity contribution in [1.29, 1.82) is 5.26 Å². The summed E-state index contributed by atoms with van der Waals surface area (Å²) < 4.78 is 4.81. The molecule has 4 rings (SSSR count). The Kier molecular flexibility index (Phi) is 2.31. The van der Waals surface area contributed by atoms with Gasteiger partial charge in [0.05, 0.1) is 24.3 Å². The third kappa shape index (κ3) is 1.26. The second-order valence-corrected chi connectivity index (χ2v) is 4.40. The molecule has 0 radical (unpaired) electrons. The molecule has 3 aliphatic rings. The molecule has 0 N–H and O–H groups in total. The molecule has 1 aromatic rings. The molecule has 0 amide bonds. The lowest BCUT2D eigenvalue weighted by Crippen LogP contribution is -2.26. The monoisotopic (exact) mass is 237 g/mol. The summed E-state index contributed by atoms with van der Waals surface area (Å²) in [5.74, 6) is -0.654. The molecular formula is C15H11NO2. The molecule has 2 atom stereocenters. The standard InChI is InChI=1S/C15H11NO2/c1-18-15(17)14-12-7-6-11(13(14)8-16)9-4-2-3-5-10(9)12/h2-7,11-12H,1H3. The highest BCUT2D eigenvalue weighted by atomic mass is 16.5. The summed E-state index contributed by atoms with van der Waals surface area (Å²) in [7, 11) is 1.35. The van der Waals surface area contributed by atoms with E-state index in [0.29, 0.717) is 11.1 Å². The van der Waals surface area contributed by atoms with E-state index >= 15 is 0 Å². The van der Waals surface area contributed by atoms with Gasteiger partial charge in [-0.2, -0.15) is 5.26 Å². The SMILES string of the molecule is COC(=O)C1=C(C#N)C2C=CC1c1ccccc12. The first kappa shape index (κ1) is 10.8. The molecule has 0 saturated heterocycles. The Balaban J connectivity index is 2.23. The van der Waals surface area contributed by atoms with E-state index in [9.17, 15) is 10.1 Å². The second kappa shape index (κ2) is 3.85. The first-order valence-electron chi connectivity index (χ1n) is 5.77. The predicted molar refractivity (Wildman–Crippen MR) is 65.7 cm³/mol. The van der Waals surface area contributed by atoms with Gasteiger partial charge in [-0.3, -0.25) is 0 Å². The van der Waals surface area contributed by atoms with Gasteiger partial charge in [-0.15, -0.1) is 0 Å². The molecule has 3 aliphatic carbocycles. The number of hydrogen-bond acceptors (Lipinski definition) is 3. The molecule has 0 saturated carbocycles. The fourth-order valence-corrected chi connectivity index (χ4v) is 2.82. The molecule has 88 valence electrons. The molecule has 0 fully saturated rings. The van der Waals surface area contributed by atoms with Gasteiger partial charge >= 0.3 is 5.97 Å². The second-order valence-electron chi connectivity index (χ2n) is 4.40. The third-order valence-electron chi connectivity index (χ3n) is 3.60. The van der Waals surface area contributed by atoms with Crippen LogP contribution in [-0.2, 0) is 9.53 Å². The van der Waals surface area contributed by atoms with Crippen molar-refractivity contribution in [3.63, 3.8) is 0 Å². The number of ether oxygens (including phenoxy) is 1. The van der Waals surface area contributed by atoms with E-state index in [-0.39, 0.29) is 11.8 Å². The van der Waals surface area contributed by atoms with Crippen molar-refractivity contribution in [2.24, 2.45) is 0 Å². The van der Waals surface area contributed by atoms with Crippen molar-refractivity contribution in [3.8, 4) is 6.07 Å². The minimum Gasteiger partial charge on any atom is -0.466 e. The number of methoxy groups -OCH3 is 1. The lowest BCUT2D eigenvalue weighted by Gasteiger charge is -2.34. The number of hydrogen-bond donors (Lipinski definition) is 0. The van der Waals surface area contributed by atoms with E-state index in [2.05, 4.69) is 6.07 Å². The average molecular weight is 237 g/mol. The van der Waals surface area contributed by atoms with Crippen molar-refractivity contribution in [2.45, 2.75) is 11.8 Å². The largest absolute Gasteiger partial charge is 0.466 e. The Morgan fingerprint density at radius 2 is 1.83 bits per heavy atom. The molecule has 1 aromatic carbocycles. The molecule has 2 unspecified atom stereocenters. The Morgan fingerprint density at radius 1 is 1.22 bits per heavy atom. The van der Waals surface area contributed by atoms with E-state index in [1.165, 1.54) is 7.11 Å². The number of nitrogens with zero attached hydrogens (tertiary/aromatic N) is 1. The van der Waals surface area contributed by atoms with Crippen molar-refractivity contribution in [2.75, 3.05) is 7.11 Å². The number of carbonyl (C=O) groups excluding carboxylic acids is 1. The van der Waals surface area contributed by atoms with Crippen molar-refractivity contribution in [3.05, 3.63) is 58.7 Å². The topological polar surface area (TPSA) is 50.1 Å². The van der Waals surface area contributed by atoms with Gasteiger partial charge in [0.2, 0.25) is 0 Å². The summed E-state index contributed by atoms with van der Waals surface area (Å²) in [5, 5.41) is 9.30.